The fourth-order valence-electron chi connectivity index (χ4n) is 2.04. The first-order valence-electron chi connectivity index (χ1n) is 5.23. The summed E-state index contributed by atoms with van der Waals surface area (Å²) in [6.45, 7) is 8.49. The van der Waals surface area contributed by atoms with Crippen LogP contribution < -0.4 is 0 Å². The Labute approximate surface area is 77.1 Å². The highest BCUT2D eigenvalue weighted by molar-refractivity contribution is 5.01. The predicted octanol–water partition coefficient (Wildman–Crippen LogP) is 3.98. The quantitative estimate of drug-likeness (QED) is 0.555. The van der Waals surface area contributed by atoms with Crippen molar-refractivity contribution in [3.8, 4) is 0 Å². The first-order valence-corrected chi connectivity index (χ1v) is 5.23. The second-order valence-electron chi connectivity index (χ2n) is 4.10. The van der Waals surface area contributed by atoms with Crippen molar-refractivity contribution >= 4 is 0 Å². The van der Waals surface area contributed by atoms with Crippen LogP contribution in [0.2, 0.25) is 0 Å². The van der Waals surface area contributed by atoms with Gasteiger partial charge in [-0.05, 0) is 30.6 Å². The van der Waals surface area contributed by atoms with E-state index in [1.807, 2.05) is 0 Å². The topological polar surface area (TPSA) is 0 Å². The molecule has 0 saturated heterocycles. The molecule has 69 valence electrons. The van der Waals surface area contributed by atoms with Crippen molar-refractivity contribution in [3.05, 3.63) is 18.6 Å². The summed E-state index contributed by atoms with van der Waals surface area (Å²) in [6, 6.07) is 0. The normalized spacial score (nSPS) is 24.8. The molecule has 0 nitrogen and oxygen atoms in total. The van der Waals surface area contributed by atoms with E-state index < -0.39 is 0 Å². The molecule has 1 aliphatic carbocycles. The van der Waals surface area contributed by atoms with Crippen molar-refractivity contribution in [2.45, 2.75) is 46.0 Å². The zero-order valence-electron chi connectivity index (χ0n) is 8.47. The van der Waals surface area contributed by atoms with E-state index >= 15 is 0 Å². The van der Waals surface area contributed by atoms with Gasteiger partial charge in [0.25, 0.3) is 0 Å². The summed E-state index contributed by atoms with van der Waals surface area (Å²) < 4.78 is 0. The third-order valence-corrected chi connectivity index (χ3v) is 3.30. The monoisotopic (exact) mass is 165 g/mol. The summed E-state index contributed by atoms with van der Waals surface area (Å²) in [5.41, 5.74) is 0. The fourth-order valence-corrected chi connectivity index (χ4v) is 2.04. The van der Waals surface area contributed by atoms with Gasteiger partial charge in [0.15, 0.2) is 0 Å². The van der Waals surface area contributed by atoms with Crippen LogP contribution in [0.5, 0.6) is 0 Å². The molecule has 0 N–H and O–H groups in total. The standard InChI is InChI=1S/C12H21/c1-4-10(2)11(3)12-8-6-5-7-9-12/h4,10-11H,1,5-9H2,2-3H3. The SMILES string of the molecule is C=CC(C)C(C)[C]1CCCCC1. The molecule has 0 spiro atoms. The maximum absolute atomic E-state index is 3.86. The average Bonchev–Trinajstić information content (AvgIpc) is 2.17. The van der Waals surface area contributed by atoms with Crippen molar-refractivity contribution < 1.29 is 0 Å². The number of allylic oxidation sites excluding steroid dienone is 1. The summed E-state index contributed by atoms with van der Waals surface area (Å²) in [6.07, 6.45) is 9.12. The Hall–Kier alpha value is -0.260. The van der Waals surface area contributed by atoms with E-state index in [9.17, 15) is 0 Å². The van der Waals surface area contributed by atoms with Gasteiger partial charge in [0.05, 0.1) is 0 Å². The molecule has 0 aromatic carbocycles. The Morgan fingerprint density at radius 2 is 1.75 bits per heavy atom. The molecular formula is C12H21. The lowest BCUT2D eigenvalue weighted by Gasteiger charge is -2.29. The van der Waals surface area contributed by atoms with Crippen LogP contribution in [0, 0.1) is 17.8 Å². The summed E-state index contributed by atoms with van der Waals surface area (Å²) in [5, 5.41) is 0. The molecule has 0 heterocycles. The van der Waals surface area contributed by atoms with Crippen molar-refractivity contribution in [2.75, 3.05) is 0 Å². The summed E-state index contributed by atoms with van der Waals surface area (Å²) in [7, 11) is 0. The third-order valence-electron chi connectivity index (χ3n) is 3.30. The lowest BCUT2D eigenvalue weighted by molar-refractivity contribution is 0.383. The molecule has 1 radical (unpaired) electrons. The molecule has 1 saturated carbocycles. The number of hydrogen-bond acceptors (Lipinski definition) is 0. The van der Waals surface area contributed by atoms with Gasteiger partial charge < -0.3 is 0 Å². The molecule has 2 atom stereocenters. The molecule has 0 aromatic heterocycles. The van der Waals surface area contributed by atoms with Crippen LogP contribution in [0.1, 0.15) is 46.0 Å². The Morgan fingerprint density at radius 1 is 1.17 bits per heavy atom. The minimum absolute atomic E-state index is 0.665. The van der Waals surface area contributed by atoms with E-state index in [0.29, 0.717) is 5.92 Å². The van der Waals surface area contributed by atoms with Gasteiger partial charge in [-0.25, -0.2) is 0 Å². The van der Waals surface area contributed by atoms with Gasteiger partial charge in [-0.3, -0.25) is 0 Å². The molecule has 0 bridgehead atoms. The first-order chi connectivity index (χ1) is 5.75. The molecule has 0 aromatic rings. The van der Waals surface area contributed by atoms with Crippen molar-refractivity contribution in [1.82, 2.24) is 0 Å². The van der Waals surface area contributed by atoms with Crippen LogP contribution in [0.4, 0.5) is 0 Å². The number of rotatable bonds is 3. The van der Waals surface area contributed by atoms with Crippen LogP contribution >= 0.6 is 0 Å². The zero-order valence-corrected chi connectivity index (χ0v) is 8.47. The zero-order chi connectivity index (χ0) is 8.97. The van der Waals surface area contributed by atoms with E-state index in [4.69, 9.17) is 0 Å². The Bertz CT molecular complexity index is 131. The third kappa shape index (κ3) is 2.36. The first kappa shape index (κ1) is 9.83. The van der Waals surface area contributed by atoms with Gasteiger partial charge >= 0.3 is 0 Å². The lowest BCUT2D eigenvalue weighted by Crippen LogP contribution is -2.18. The molecule has 0 heteroatoms. The molecule has 12 heavy (non-hydrogen) atoms. The van der Waals surface area contributed by atoms with Crippen LogP contribution in [-0.4, -0.2) is 0 Å². The van der Waals surface area contributed by atoms with Gasteiger partial charge in [-0.2, -0.15) is 0 Å². The summed E-state index contributed by atoms with van der Waals surface area (Å²) in [5.74, 6) is 3.22. The number of hydrogen-bond donors (Lipinski definition) is 0. The van der Waals surface area contributed by atoms with Crippen LogP contribution in [0.25, 0.3) is 0 Å². The van der Waals surface area contributed by atoms with E-state index in [0.717, 1.165) is 5.92 Å². The highest BCUT2D eigenvalue weighted by atomic mass is 14.3. The minimum Gasteiger partial charge on any atom is -0.103 e. The lowest BCUT2D eigenvalue weighted by atomic mass is 9.76. The summed E-state index contributed by atoms with van der Waals surface area (Å²) >= 11 is 0. The largest absolute Gasteiger partial charge is 0.103 e. The Morgan fingerprint density at radius 3 is 2.25 bits per heavy atom. The maximum Gasteiger partial charge on any atom is -0.0207 e. The molecule has 0 aliphatic heterocycles. The second kappa shape index (κ2) is 4.69. The van der Waals surface area contributed by atoms with E-state index in [2.05, 4.69) is 26.5 Å². The van der Waals surface area contributed by atoms with Crippen LogP contribution in [0.3, 0.4) is 0 Å². The van der Waals surface area contributed by atoms with Gasteiger partial charge in [-0.15, -0.1) is 6.58 Å². The van der Waals surface area contributed by atoms with Gasteiger partial charge in [0.1, 0.15) is 0 Å². The summed E-state index contributed by atoms with van der Waals surface area (Å²) in [4.78, 5) is 0. The maximum atomic E-state index is 3.86. The molecule has 1 fully saturated rings. The minimum atomic E-state index is 0.665. The molecular weight excluding hydrogens is 144 g/mol. The van der Waals surface area contributed by atoms with E-state index in [1.165, 1.54) is 32.1 Å². The van der Waals surface area contributed by atoms with Crippen LogP contribution in [0.15, 0.2) is 12.7 Å². The van der Waals surface area contributed by atoms with Gasteiger partial charge in [-0.1, -0.05) is 39.2 Å². The molecule has 1 rings (SSSR count). The molecule has 1 aliphatic rings. The second-order valence-corrected chi connectivity index (χ2v) is 4.10. The fraction of sp³-hybridized carbons (Fsp3) is 0.750. The smallest absolute Gasteiger partial charge is 0.0207 e. The Balaban J connectivity index is 2.38. The van der Waals surface area contributed by atoms with Gasteiger partial charge in [0.2, 0.25) is 0 Å². The molecule has 2 unspecified atom stereocenters. The van der Waals surface area contributed by atoms with Crippen molar-refractivity contribution in [3.63, 3.8) is 0 Å². The van der Waals surface area contributed by atoms with Crippen molar-refractivity contribution in [1.29, 1.82) is 0 Å². The molecule has 0 amide bonds. The van der Waals surface area contributed by atoms with Crippen LogP contribution in [-0.2, 0) is 0 Å². The van der Waals surface area contributed by atoms with E-state index in [-0.39, 0.29) is 0 Å². The Kier molecular flexibility index (Phi) is 3.84. The predicted molar refractivity (Wildman–Crippen MR) is 54.9 cm³/mol. The van der Waals surface area contributed by atoms with Gasteiger partial charge in [0, 0.05) is 0 Å². The van der Waals surface area contributed by atoms with Crippen molar-refractivity contribution in [2.24, 2.45) is 11.8 Å². The van der Waals surface area contributed by atoms with E-state index in [1.54, 1.807) is 5.92 Å². The average molecular weight is 165 g/mol. The highest BCUT2D eigenvalue weighted by Gasteiger charge is 2.23. The highest BCUT2D eigenvalue weighted by Crippen LogP contribution is 2.35.